The monoisotopic (exact) mass is 520 g/mol. The highest BCUT2D eigenvalue weighted by Crippen LogP contribution is 2.58. The molecule has 0 aliphatic heterocycles. The number of hydrogen-bond donors (Lipinski definition) is 1. The average molecular weight is 521 g/mol. The van der Waals surface area contributed by atoms with Crippen molar-refractivity contribution in [3.63, 3.8) is 0 Å². The third kappa shape index (κ3) is 9.30. The minimum atomic E-state index is -2.49. The first kappa shape index (κ1) is 28.9. The lowest BCUT2D eigenvalue weighted by Gasteiger charge is -2.28. The van der Waals surface area contributed by atoms with Gasteiger partial charge in [-0.1, -0.05) is 57.2 Å². The van der Waals surface area contributed by atoms with Crippen LogP contribution in [0.25, 0.3) is 0 Å². The van der Waals surface area contributed by atoms with E-state index >= 15 is 0 Å². The van der Waals surface area contributed by atoms with Crippen molar-refractivity contribution in [2.24, 2.45) is 5.92 Å². The van der Waals surface area contributed by atoms with Crippen LogP contribution >= 0.6 is 8.15 Å². The molecule has 5 rings (SSSR count). The molecule has 2 unspecified atom stereocenters. The highest BCUT2D eigenvalue weighted by molar-refractivity contribution is 7.50. The molecule has 3 aliphatic rings. The molecule has 36 heavy (non-hydrogen) atoms. The van der Waals surface area contributed by atoms with E-state index < -0.39 is 20.0 Å². The Labute approximate surface area is 217 Å². The van der Waals surface area contributed by atoms with Crippen LogP contribution in [0.5, 0.6) is 11.5 Å². The van der Waals surface area contributed by atoms with Crippen LogP contribution in [0.2, 0.25) is 0 Å². The van der Waals surface area contributed by atoms with Gasteiger partial charge in [0.15, 0.2) is 0 Å². The molecule has 0 radical (unpaired) electrons. The second-order valence-electron chi connectivity index (χ2n) is 10.5. The first-order valence-electron chi connectivity index (χ1n) is 13.3. The van der Waals surface area contributed by atoms with Gasteiger partial charge in [-0.3, -0.25) is 0 Å². The van der Waals surface area contributed by atoms with E-state index in [1.54, 1.807) is 14.2 Å². The molecule has 200 valence electrons. The predicted octanol–water partition coefficient (Wildman–Crippen LogP) is 8.54. The molecule has 3 nitrogen and oxygen atoms in total. The Morgan fingerprint density at radius 2 is 1.53 bits per heavy atom. The van der Waals surface area contributed by atoms with Crippen LogP contribution in [0, 0.1) is 5.92 Å². The summed E-state index contributed by atoms with van der Waals surface area (Å²) in [6.07, 6.45) is 10.9. The highest BCUT2D eigenvalue weighted by atomic mass is 31.1. The summed E-state index contributed by atoms with van der Waals surface area (Å²) in [6, 6.07) is 13.6. The van der Waals surface area contributed by atoms with Crippen molar-refractivity contribution in [1.82, 2.24) is 0 Å². The largest absolute Gasteiger partial charge is 0.497 e. The Bertz CT molecular complexity index is 937. The van der Waals surface area contributed by atoms with E-state index in [2.05, 4.69) is 13.0 Å². The fraction of sp³-hybridized carbons (Fsp3) is 0.600. The van der Waals surface area contributed by atoms with Crippen LogP contribution in [0.4, 0.5) is 8.78 Å². The van der Waals surface area contributed by atoms with E-state index in [-0.39, 0.29) is 6.42 Å². The van der Waals surface area contributed by atoms with Crippen molar-refractivity contribution in [3.8, 4) is 11.5 Å². The fourth-order valence-electron chi connectivity index (χ4n) is 4.59. The smallest absolute Gasteiger partial charge is 0.255 e. The minimum absolute atomic E-state index is 0.00938. The first-order valence-corrected chi connectivity index (χ1v) is 15.2. The maximum absolute atomic E-state index is 13.4. The van der Waals surface area contributed by atoms with Gasteiger partial charge in [0.2, 0.25) is 0 Å². The zero-order valence-corrected chi connectivity index (χ0v) is 23.2. The van der Waals surface area contributed by atoms with E-state index in [0.29, 0.717) is 5.92 Å². The third-order valence-corrected chi connectivity index (χ3v) is 8.03. The van der Waals surface area contributed by atoms with Gasteiger partial charge in [-0.25, -0.2) is 8.78 Å². The SMILES string of the molecule is C1CC1.COc1ccc(C2CC2(F)F)c(C2CCC(C)CC2)c1.COc1cccc(CCP(C)O)c1. The number of alkyl halides is 2. The second kappa shape index (κ2) is 13.7. The molecule has 0 bridgehead atoms. The fourth-order valence-corrected chi connectivity index (χ4v) is 5.17. The normalized spacial score (nSPS) is 24.2. The molecule has 3 fully saturated rings. The van der Waals surface area contributed by atoms with Gasteiger partial charge >= 0.3 is 0 Å². The molecule has 0 heterocycles. The van der Waals surface area contributed by atoms with Crippen LogP contribution < -0.4 is 9.47 Å². The molecule has 2 atom stereocenters. The molecule has 3 saturated carbocycles. The van der Waals surface area contributed by atoms with Crippen LogP contribution in [0.15, 0.2) is 42.5 Å². The molecular weight excluding hydrogens is 477 g/mol. The van der Waals surface area contributed by atoms with Crippen LogP contribution in [-0.4, -0.2) is 37.9 Å². The van der Waals surface area contributed by atoms with Gasteiger partial charge in [-0.2, -0.15) is 0 Å². The van der Waals surface area contributed by atoms with Crippen molar-refractivity contribution in [2.75, 3.05) is 27.0 Å². The summed E-state index contributed by atoms with van der Waals surface area (Å²) in [7, 11) is 2.52. The van der Waals surface area contributed by atoms with E-state index in [4.69, 9.17) is 9.47 Å². The molecule has 1 N–H and O–H groups in total. The zero-order chi connectivity index (χ0) is 26.1. The van der Waals surface area contributed by atoms with Gasteiger partial charge in [0.25, 0.3) is 5.92 Å². The van der Waals surface area contributed by atoms with Crippen LogP contribution in [0.1, 0.15) is 86.8 Å². The van der Waals surface area contributed by atoms with Gasteiger partial charge in [0, 0.05) is 14.6 Å². The van der Waals surface area contributed by atoms with Gasteiger partial charge in [0.05, 0.1) is 20.1 Å². The predicted molar refractivity (Wildman–Crippen MR) is 146 cm³/mol. The molecule has 2 aromatic rings. The van der Waals surface area contributed by atoms with Crippen molar-refractivity contribution in [1.29, 1.82) is 0 Å². The van der Waals surface area contributed by atoms with E-state index in [0.717, 1.165) is 54.0 Å². The quantitative estimate of drug-likeness (QED) is 0.372. The molecular formula is C30H43F2O3P. The van der Waals surface area contributed by atoms with Crippen molar-refractivity contribution < 1.29 is 23.1 Å². The van der Waals surface area contributed by atoms with Crippen molar-refractivity contribution in [3.05, 3.63) is 59.2 Å². The molecule has 0 amide bonds. The number of methoxy groups -OCH3 is 2. The lowest BCUT2D eigenvalue weighted by molar-refractivity contribution is 0.112. The van der Waals surface area contributed by atoms with E-state index in [1.807, 2.05) is 43.1 Å². The minimum Gasteiger partial charge on any atom is -0.497 e. The van der Waals surface area contributed by atoms with Crippen LogP contribution in [-0.2, 0) is 6.42 Å². The lowest BCUT2D eigenvalue weighted by Crippen LogP contribution is -2.13. The Morgan fingerprint density at radius 1 is 0.917 bits per heavy atom. The number of aryl methyl sites for hydroxylation is 1. The number of halogens is 2. The standard InChI is InChI=1S/C17H22F2O.C10H15O2P.C3H6/c1-11-3-5-12(6-4-11)15-9-13(20-2)7-8-14(15)16-10-17(16,18)19;1-12-10-5-3-4-9(8-10)6-7-13(2)11;1-2-3-1/h7-9,11-12,16H,3-6,10H2,1-2H3;3-5,8,11H,6-7H2,1-2H3;1-3H2. The Hall–Kier alpha value is -1.71. The number of rotatable bonds is 7. The number of hydrogen-bond acceptors (Lipinski definition) is 3. The molecule has 0 spiro atoms. The van der Waals surface area contributed by atoms with Gasteiger partial charge in [0.1, 0.15) is 11.5 Å². The molecule has 3 aliphatic carbocycles. The maximum Gasteiger partial charge on any atom is 0.255 e. The summed E-state index contributed by atoms with van der Waals surface area (Å²) in [5.74, 6) is -0.203. The Balaban J connectivity index is 0.000000193. The Kier molecular flexibility index (Phi) is 11.0. The summed E-state index contributed by atoms with van der Waals surface area (Å²) in [5, 5.41) is 0. The second-order valence-corrected chi connectivity index (χ2v) is 12.3. The maximum atomic E-state index is 13.4. The summed E-state index contributed by atoms with van der Waals surface area (Å²) < 4.78 is 37.3. The number of benzene rings is 2. The van der Waals surface area contributed by atoms with Crippen LogP contribution in [0.3, 0.4) is 0 Å². The topological polar surface area (TPSA) is 38.7 Å². The van der Waals surface area contributed by atoms with E-state index in [1.165, 1.54) is 37.7 Å². The van der Waals surface area contributed by atoms with E-state index in [9.17, 15) is 13.7 Å². The average Bonchev–Trinajstić information content (AvgIpc) is 3.81. The lowest BCUT2D eigenvalue weighted by atomic mass is 9.77. The number of ether oxygens (including phenoxy) is 2. The van der Waals surface area contributed by atoms with Crippen molar-refractivity contribution >= 4 is 8.15 Å². The Morgan fingerprint density at radius 3 is 2.06 bits per heavy atom. The molecule has 2 aromatic carbocycles. The summed E-state index contributed by atoms with van der Waals surface area (Å²) in [4.78, 5) is 9.17. The molecule has 0 aromatic heterocycles. The summed E-state index contributed by atoms with van der Waals surface area (Å²) in [6.45, 7) is 4.15. The van der Waals surface area contributed by atoms with Crippen molar-refractivity contribution in [2.45, 2.75) is 82.5 Å². The molecule has 0 saturated heterocycles. The summed E-state index contributed by atoms with van der Waals surface area (Å²) >= 11 is 0. The van der Waals surface area contributed by atoms with Gasteiger partial charge < -0.3 is 14.4 Å². The first-order chi connectivity index (χ1) is 17.2. The third-order valence-electron chi connectivity index (χ3n) is 7.16. The highest BCUT2D eigenvalue weighted by Gasteiger charge is 2.58. The molecule has 6 heteroatoms. The zero-order valence-electron chi connectivity index (χ0n) is 22.3. The van der Waals surface area contributed by atoms with Gasteiger partial charge in [-0.15, -0.1) is 0 Å². The van der Waals surface area contributed by atoms with Gasteiger partial charge in [-0.05, 0) is 84.9 Å². The summed E-state index contributed by atoms with van der Waals surface area (Å²) in [5.41, 5.74) is 3.19.